The van der Waals surface area contributed by atoms with E-state index in [0.29, 0.717) is 11.5 Å². The molecule has 0 saturated carbocycles. The smallest absolute Gasteiger partial charge is 0.0701 e. The lowest BCUT2D eigenvalue weighted by atomic mass is 9.78. The Bertz CT molecular complexity index is 329. The Kier molecular flexibility index (Phi) is 6.18. The van der Waals surface area contributed by atoms with E-state index < -0.39 is 0 Å². The highest BCUT2D eigenvalue weighted by atomic mass is 79.9. The van der Waals surface area contributed by atoms with E-state index in [1.807, 2.05) is 11.3 Å². The molecule has 17 heavy (non-hydrogen) atoms. The first kappa shape index (κ1) is 15.2. The van der Waals surface area contributed by atoms with Gasteiger partial charge < -0.3 is 5.32 Å². The quantitative estimate of drug-likeness (QED) is 0.757. The SMILES string of the molecule is CCC(CC)(CNC(C)C)Cc1ccc(Br)s1. The molecule has 0 aliphatic carbocycles. The van der Waals surface area contributed by atoms with Gasteiger partial charge in [0.15, 0.2) is 0 Å². The highest BCUT2D eigenvalue weighted by Gasteiger charge is 2.27. The maximum atomic E-state index is 3.61. The molecule has 0 amide bonds. The fourth-order valence-corrected chi connectivity index (χ4v) is 3.71. The summed E-state index contributed by atoms with van der Waals surface area (Å²) in [5, 5.41) is 3.61. The topological polar surface area (TPSA) is 12.0 Å². The van der Waals surface area contributed by atoms with E-state index in [1.165, 1.54) is 27.9 Å². The molecule has 0 fully saturated rings. The summed E-state index contributed by atoms with van der Waals surface area (Å²) in [6, 6.07) is 4.98. The van der Waals surface area contributed by atoms with Crippen molar-refractivity contribution in [3.05, 3.63) is 20.8 Å². The number of halogens is 1. The molecule has 0 aliphatic heterocycles. The summed E-state index contributed by atoms with van der Waals surface area (Å²) in [5.41, 5.74) is 0.411. The Labute approximate surface area is 118 Å². The maximum Gasteiger partial charge on any atom is 0.0701 e. The molecule has 1 N–H and O–H groups in total. The van der Waals surface area contributed by atoms with Gasteiger partial charge in [-0.15, -0.1) is 11.3 Å². The summed E-state index contributed by atoms with van der Waals surface area (Å²) in [6.07, 6.45) is 3.66. The number of hydrogen-bond donors (Lipinski definition) is 1. The van der Waals surface area contributed by atoms with Crippen molar-refractivity contribution in [3.63, 3.8) is 0 Å². The molecule has 0 aromatic carbocycles. The summed E-state index contributed by atoms with van der Waals surface area (Å²) < 4.78 is 1.24. The molecule has 1 aromatic rings. The Morgan fingerprint density at radius 1 is 1.29 bits per heavy atom. The van der Waals surface area contributed by atoms with Crippen molar-refractivity contribution in [2.75, 3.05) is 6.54 Å². The summed E-state index contributed by atoms with van der Waals surface area (Å²) in [5.74, 6) is 0. The summed E-state index contributed by atoms with van der Waals surface area (Å²) in [4.78, 5) is 1.49. The Morgan fingerprint density at radius 2 is 1.94 bits per heavy atom. The van der Waals surface area contributed by atoms with Crippen LogP contribution in [0.4, 0.5) is 0 Å². The van der Waals surface area contributed by atoms with E-state index in [4.69, 9.17) is 0 Å². The van der Waals surface area contributed by atoms with Crippen molar-refractivity contribution < 1.29 is 0 Å². The first-order chi connectivity index (χ1) is 8.01. The lowest BCUT2D eigenvalue weighted by Crippen LogP contribution is -2.38. The third-order valence-corrected chi connectivity index (χ3v) is 5.19. The van der Waals surface area contributed by atoms with Gasteiger partial charge in [0.05, 0.1) is 3.79 Å². The third-order valence-electron chi connectivity index (χ3n) is 3.56. The van der Waals surface area contributed by atoms with Gasteiger partial charge in [0.25, 0.3) is 0 Å². The zero-order chi connectivity index (χ0) is 12.9. The standard InChI is InChI=1S/C14H24BrNS/c1-5-14(6-2,10-16-11(3)4)9-12-7-8-13(15)17-12/h7-8,11,16H,5-6,9-10H2,1-4H3. The molecule has 0 unspecified atom stereocenters. The second-order valence-electron chi connectivity index (χ2n) is 5.13. The fourth-order valence-electron chi connectivity index (χ4n) is 2.05. The minimum atomic E-state index is 0.411. The van der Waals surface area contributed by atoms with E-state index >= 15 is 0 Å². The van der Waals surface area contributed by atoms with Crippen molar-refractivity contribution >= 4 is 27.3 Å². The van der Waals surface area contributed by atoms with Crippen molar-refractivity contribution in [3.8, 4) is 0 Å². The van der Waals surface area contributed by atoms with Crippen molar-refractivity contribution in [1.29, 1.82) is 0 Å². The minimum absolute atomic E-state index is 0.411. The van der Waals surface area contributed by atoms with E-state index in [1.54, 1.807) is 0 Å². The number of rotatable bonds is 7. The van der Waals surface area contributed by atoms with Gasteiger partial charge in [-0.05, 0) is 52.7 Å². The molecule has 1 rings (SSSR count). The van der Waals surface area contributed by atoms with Crippen LogP contribution >= 0.6 is 27.3 Å². The predicted octanol–water partition coefficient (Wildman–Crippen LogP) is 4.86. The van der Waals surface area contributed by atoms with Gasteiger partial charge in [0.1, 0.15) is 0 Å². The minimum Gasteiger partial charge on any atom is -0.314 e. The van der Waals surface area contributed by atoms with Crippen LogP contribution in [0.15, 0.2) is 15.9 Å². The van der Waals surface area contributed by atoms with Crippen molar-refractivity contribution in [2.45, 2.75) is 53.0 Å². The summed E-state index contributed by atoms with van der Waals surface area (Å²) in [7, 11) is 0. The molecule has 0 bridgehead atoms. The maximum absolute atomic E-state index is 3.61. The van der Waals surface area contributed by atoms with Gasteiger partial charge in [-0.25, -0.2) is 0 Å². The fraction of sp³-hybridized carbons (Fsp3) is 0.714. The molecule has 0 radical (unpaired) electrons. The average Bonchev–Trinajstić information content (AvgIpc) is 2.70. The third kappa shape index (κ3) is 4.72. The highest BCUT2D eigenvalue weighted by molar-refractivity contribution is 9.11. The molecule has 0 spiro atoms. The Morgan fingerprint density at radius 3 is 2.35 bits per heavy atom. The van der Waals surface area contributed by atoms with Gasteiger partial charge in [-0.3, -0.25) is 0 Å². The van der Waals surface area contributed by atoms with Gasteiger partial charge >= 0.3 is 0 Å². The van der Waals surface area contributed by atoms with Gasteiger partial charge in [0, 0.05) is 17.5 Å². The summed E-state index contributed by atoms with van der Waals surface area (Å²) >= 11 is 5.42. The Hall–Kier alpha value is 0.140. The van der Waals surface area contributed by atoms with Crippen molar-refractivity contribution in [1.82, 2.24) is 5.32 Å². The zero-order valence-corrected chi connectivity index (χ0v) is 13.7. The first-order valence-electron chi connectivity index (χ1n) is 6.49. The van der Waals surface area contributed by atoms with E-state index in [2.05, 4.69) is 61.1 Å². The molecular weight excluding hydrogens is 294 g/mol. The lowest BCUT2D eigenvalue weighted by molar-refractivity contribution is 0.241. The van der Waals surface area contributed by atoms with E-state index in [9.17, 15) is 0 Å². The van der Waals surface area contributed by atoms with Crippen LogP contribution in [0, 0.1) is 5.41 Å². The van der Waals surface area contributed by atoms with Crippen LogP contribution in [-0.2, 0) is 6.42 Å². The molecule has 1 heterocycles. The lowest BCUT2D eigenvalue weighted by Gasteiger charge is -2.32. The van der Waals surface area contributed by atoms with Gasteiger partial charge in [-0.1, -0.05) is 27.7 Å². The molecule has 0 atom stereocenters. The average molecular weight is 318 g/mol. The van der Waals surface area contributed by atoms with Gasteiger partial charge in [0.2, 0.25) is 0 Å². The molecule has 0 saturated heterocycles. The van der Waals surface area contributed by atoms with Gasteiger partial charge in [-0.2, -0.15) is 0 Å². The number of hydrogen-bond acceptors (Lipinski definition) is 2. The molecule has 0 aliphatic rings. The highest BCUT2D eigenvalue weighted by Crippen LogP contribution is 2.34. The van der Waals surface area contributed by atoms with Crippen LogP contribution < -0.4 is 5.32 Å². The van der Waals surface area contributed by atoms with Crippen LogP contribution in [0.3, 0.4) is 0 Å². The molecule has 98 valence electrons. The predicted molar refractivity (Wildman–Crippen MR) is 81.9 cm³/mol. The molecule has 1 aromatic heterocycles. The first-order valence-corrected chi connectivity index (χ1v) is 8.10. The normalized spacial score (nSPS) is 12.4. The molecule has 1 nitrogen and oxygen atoms in total. The zero-order valence-electron chi connectivity index (χ0n) is 11.3. The van der Waals surface area contributed by atoms with Crippen LogP contribution in [0.5, 0.6) is 0 Å². The monoisotopic (exact) mass is 317 g/mol. The van der Waals surface area contributed by atoms with Crippen molar-refractivity contribution in [2.24, 2.45) is 5.41 Å². The second kappa shape index (κ2) is 6.91. The Balaban J connectivity index is 2.69. The van der Waals surface area contributed by atoms with Crippen LogP contribution in [0.1, 0.15) is 45.4 Å². The number of thiophene rings is 1. The van der Waals surface area contributed by atoms with Crippen LogP contribution in [0.25, 0.3) is 0 Å². The summed E-state index contributed by atoms with van der Waals surface area (Å²) in [6.45, 7) is 10.2. The molecular formula is C14H24BrNS. The number of nitrogens with one attached hydrogen (secondary N) is 1. The second-order valence-corrected chi connectivity index (χ2v) is 7.67. The largest absolute Gasteiger partial charge is 0.314 e. The van der Waals surface area contributed by atoms with E-state index in [0.717, 1.165) is 6.54 Å². The van der Waals surface area contributed by atoms with Crippen LogP contribution in [0.2, 0.25) is 0 Å². The van der Waals surface area contributed by atoms with Crippen LogP contribution in [-0.4, -0.2) is 12.6 Å². The van der Waals surface area contributed by atoms with E-state index in [-0.39, 0.29) is 0 Å². The molecule has 3 heteroatoms.